The Morgan fingerprint density at radius 3 is 2.80 bits per heavy atom. The second kappa shape index (κ2) is 6.04. The first-order valence-electron chi connectivity index (χ1n) is 6.10. The quantitative estimate of drug-likeness (QED) is 0.944. The van der Waals surface area contributed by atoms with Gasteiger partial charge in [-0.1, -0.05) is 17.5 Å². The van der Waals surface area contributed by atoms with Crippen molar-refractivity contribution in [1.82, 2.24) is 14.9 Å². The standard InChI is InChI=1S/C13H13F2N3OS/c1-3-11-12(20-18-17-11)13(19)16-7(2)8-4-5-9(14)10(15)6-8/h4-7H,3H2,1-2H3,(H,16,19)/t7-/m0/s1. The van der Waals surface area contributed by atoms with Gasteiger partial charge in [0.15, 0.2) is 11.6 Å². The predicted octanol–water partition coefficient (Wildman–Crippen LogP) is 2.87. The highest BCUT2D eigenvalue weighted by molar-refractivity contribution is 7.08. The second-order valence-corrected chi connectivity index (χ2v) is 5.03. The largest absolute Gasteiger partial charge is 0.345 e. The average Bonchev–Trinajstić information content (AvgIpc) is 2.90. The van der Waals surface area contributed by atoms with Crippen LogP contribution in [0.2, 0.25) is 0 Å². The van der Waals surface area contributed by atoms with Gasteiger partial charge >= 0.3 is 0 Å². The zero-order valence-electron chi connectivity index (χ0n) is 11.0. The topological polar surface area (TPSA) is 54.9 Å². The molecule has 1 aromatic heterocycles. The fourth-order valence-electron chi connectivity index (χ4n) is 1.74. The molecule has 0 aliphatic heterocycles. The lowest BCUT2D eigenvalue weighted by Crippen LogP contribution is -2.26. The van der Waals surface area contributed by atoms with E-state index in [0.29, 0.717) is 22.6 Å². The number of benzene rings is 1. The van der Waals surface area contributed by atoms with Crippen LogP contribution in [0.4, 0.5) is 8.78 Å². The number of hydrogen-bond donors (Lipinski definition) is 1. The van der Waals surface area contributed by atoms with Crippen molar-refractivity contribution in [3.05, 3.63) is 46.0 Å². The molecule has 0 fully saturated rings. The lowest BCUT2D eigenvalue weighted by atomic mass is 10.1. The molecule has 0 unspecified atom stereocenters. The van der Waals surface area contributed by atoms with Crippen molar-refractivity contribution < 1.29 is 13.6 Å². The maximum absolute atomic E-state index is 13.2. The Labute approximate surface area is 119 Å². The Morgan fingerprint density at radius 1 is 1.40 bits per heavy atom. The summed E-state index contributed by atoms with van der Waals surface area (Å²) in [7, 11) is 0. The minimum Gasteiger partial charge on any atom is -0.345 e. The number of hydrogen-bond acceptors (Lipinski definition) is 4. The van der Waals surface area contributed by atoms with Gasteiger partial charge in [-0.3, -0.25) is 4.79 Å². The molecule has 20 heavy (non-hydrogen) atoms. The first-order chi connectivity index (χ1) is 9.52. The van der Waals surface area contributed by atoms with Gasteiger partial charge in [-0.15, -0.1) is 5.10 Å². The summed E-state index contributed by atoms with van der Waals surface area (Å²) in [6, 6.07) is 3.12. The molecule has 1 N–H and O–H groups in total. The van der Waals surface area contributed by atoms with Crippen molar-refractivity contribution in [2.45, 2.75) is 26.3 Å². The molecule has 0 saturated carbocycles. The maximum Gasteiger partial charge on any atom is 0.265 e. The maximum atomic E-state index is 13.2. The van der Waals surface area contributed by atoms with Crippen LogP contribution < -0.4 is 5.32 Å². The van der Waals surface area contributed by atoms with E-state index in [-0.39, 0.29) is 5.91 Å². The van der Waals surface area contributed by atoms with E-state index in [9.17, 15) is 13.6 Å². The summed E-state index contributed by atoms with van der Waals surface area (Å²) >= 11 is 1.02. The number of carbonyl (C=O) groups is 1. The van der Waals surface area contributed by atoms with Gasteiger partial charge in [0.1, 0.15) is 4.88 Å². The molecule has 0 aliphatic rings. The molecule has 106 valence electrons. The summed E-state index contributed by atoms with van der Waals surface area (Å²) in [5.41, 5.74) is 1.12. The van der Waals surface area contributed by atoms with Crippen LogP contribution in [0.1, 0.15) is 40.8 Å². The van der Waals surface area contributed by atoms with Gasteiger partial charge in [-0.25, -0.2) is 8.78 Å². The van der Waals surface area contributed by atoms with Gasteiger partial charge in [-0.2, -0.15) is 0 Å². The van der Waals surface area contributed by atoms with Crippen molar-refractivity contribution in [2.75, 3.05) is 0 Å². The molecule has 1 heterocycles. The zero-order chi connectivity index (χ0) is 14.7. The number of amides is 1. The van der Waals surface area contributed by atoms with Crippen LogP contribution in [0.5, 0.6) is 0 Å². The van der Waals surface area contributed by atoms with E-state index in [4.69, 9.17) is 0 Å². The number of aryl methyl sites for hydroxylation is 1. The van der Waals surface area contributed by atoms with E-state index in [1.807, 2.05) is 6.92 Å². The van der Waals surface area contributed by atoms with Gasteiger partial charge in [0.05, 0.1) is 11.7 Å². The van der Waals surface area contributed by atoms with E-state index in [2.05, 4.69) is 14.9 Å². The molecule has 4 nitrogen and oxygen atoms in total. The highest BCUT2D eigenvalue weighted by Crippen LogP contribution is 2.18. The van der Waals surface area contributed by atoms with Crippen LogP contribution >= 0.6 is 11.5 Å². The van der Waals surface area contributed by atoms with Gasteiger partial charge in [0.2, 0.25) is 0 Å². The Hall–Kier alpha value is -1.89. The van der Waals surface area contributed by atoms with E-state index in [1.54, 1.807) is 6.92 Å². The summed E-state index contributed by atoms with van der Waals surface area (Å²) < 4.78 is 29.8. The number of nitrogens with zero attached hydrogens (tertiary/aromatic N) is 2. The van der Waals surface area contributed by atoms with E-state index in [1.165, 1.54) is 6.07 Å². The molecule has 0 aliphatic carbocycles. The second-order valence-electron chi connectivity index (χ2n) is 4.27. The van der Waals surface area contributed by atoms with Crippen LogP contribution in [0.3, 0.4) is 0 Å². The van der Waals surface area contributed by atoms with Crippen LogP contribution in [0, 0.1) is 11.6 Å². The third-order valence-electron chi connectivity index (χ3n) is 2.89. The molecule has 0 radical (unpaired) electrons. The highest BCUT2D eigenvalue weighted by Gasteiger charge is 2.18. The van der Waals surface area contributed by atoms with Gasteiger partial charge < -0.3 is 5.32 Å². The summed E-state index contributed by atoms with van der Waals surface area (Å²) in [6.07, 6.45) is 0.610. The fraction of sp³-hybridized carbons (Fsp3) is 0.308. The average molecular weight is 297 g/mol. The van der Waals surface area contributed by atoms with E-state index < -0.39 is 17.7 Å². The summed E-state index contributed by atoms with van der Waals surface area (Å²) in [5, 5.41) is 6.58. The van der Waals surface area contributed by atoms with E-state index >= 15 is 0 Å². The monoisotopic (exact) mass is 297 g/mol. The lowest BCUT2D eigenvalue weighted by molar-refractivity contribution is 0.0943. The van der Waals surface area contributed by atoms with Gasteiger partial charge in [0.25, 0.3) is 5.91 Å². The molecule has 2 aromatic rings. The third kappa shape index (κ3) is 2.98. The smallest absolute Gasteiger partial charge is 0.265 e. The molecule has 0 saturated heterocycles. The molecule has 7 heteroatoms. The molecule has 1 atom stereocenters. The molecule has 1 amide bonds. The van der Waals surface area contributed by atoms with E-state index in [0.717, 1.165) is 23.7 Å². The van der Waals surface area contributed by atoms with Crippen LogP contribution in [0.25, 0.3) is 0 Å². The highest BCUT2D eigenvalue weighted by atomic mass is 32.1. The number of halogens is 2. The normalized spacial score (nSPS) is 12.2. The zero-order valence-corrected chi connectivity index (χ0v) is 11.8. The number of rotatable bonds is 4. The van der Waals surface area contributed by atoms with Crippen molar-refractivity contribution in [1.29, 1.82) is 0 Å². The van der Waals surface area contributed by atoms with Gasteiger partial charge in [0, 0.05) is 0 Å². The van der Waals surface area contributed by atoms with Crippen molar-refractivity contribution in [2.24, 2.45) is 0 Å². The summed E-state index contributed by atoms with van der Waals surface area (Å²) in [4.78, 5) is 12.5. The molecule has 0 spiro atoms. The number of carbonyl (C=O) groups excluding carboxylic acids is 1. The summed E-state index contributed by atoms with van der Waals surface area (Å²) in [5.74, 6) is -2.15. The number of nitrogens with one attached hydrogen (secondary N) is 1. The fourth-order valence-corrected chi connectivity index (χ4v) is 2.39. The lowest BCUT2D eigenvalue weighted by Gasteiger charge is -2.14. The Morgan fingerprint density at radius 2 is 2.15 bits per heavy atom. The van der Waals surface area contributed by atoms with Crippen LogP contribution in [-0.4, -0.2) is 15.5 Å². The number of aromatic nitrogens is 2. The predicted molar refractivity (Wildman–Crippen MR) is 71.5 cm³/mol. The molecule has 0 bridgehead atoms. The Balaban J connectivity index is 2.13. The Kier molecular flexibility index (Phi) is 4.39. The summed E-state index contributed by atoms with van der Waals surface area (Å²) in [6.45, 7) is 3.58. The molecular formula is C13H13F2N3OS. The third-order valence-corrected chi connectivity index (χ3v) is 3.66. The minimum absolute atomic E-state index is 0.311. The molecule has 1 aromatic carbocycles. The van der Waals surface area contributed by atoms with Crippen molar-refractivity contribution in [3.8, 4) is 0 Å². The van der Waals surface area contributed by atoms with Crippen molar-refractivity contribution >= 4 is 17.4 Å². The Bertz CT molecular complexity index is 630. The van der Waals surface area contributed by atoms with Gasteiger partial charge in [-0.05, 0) is 42.6 Å². The first kappa shape index (κ1) is 14.5. The van der Waals surface area contributed by atoms with Crippen molar-refractivity contribution in [3.63, 3.8) is 0 Å². The minimum atomic E-state index is -0.933. The van der Waals surface area contributed by atoms with Crippen LogP contribution in [-0.2, 0) is 6.42 Å². The van der Waals surface area contributed by atoms with Crippen LogP contribution in [0.15, 0.2) is 18.2 Å². The molecule has 2 rings (SSSR count). The first-order valence-corrected chi connectivity index (χ1v) is 6.87. The molecular weight excluding hydrogens is 284 g/mol. The SMILES string of the molecule is CCc1nnsc1C(=O)N[C@@H](C)c1ccc(F)c(F)c1.